The summed E-state index contributed by atoms with van der Waals surface area (Å²) in [4.78, 5) is 7.68. The molecule has 0 saturated carbocycles. The van der Waals surface area contributed by atoms with Gasteiger partial charge in [0.2, 0.25) is 0 Å². The Balaban J connectivity index is 1.70. The van der Waals surface area contributed by atoms with Crippen LogP contribution in [-0.4, -0.2) is 33.6 Å². The van der Waals surface area contributed by atoms with Crippen molar-refractivity contribution in [1.29, 1.82) is 0 Å². The number of hydrogen-bond acceptors (Lipinski definition) is 2. The summed E-state index contributed by atoms with van der Waals surface area (Å²) in [6, 6.07) is 14.3. The fraction of sp³-hybridized carbons (Fsp3) is 0.435. The lowest BCUT2D eigenvalue weighted by atomic mass is 9.88. The highest BCUT2D eigenvalue weighted by Gasteiger charge is 2.36. The van der Waals surface area contributed by atoms with Crippen LogP contribution in [0.3, 0.4) is 0 Å². The molecule has 2 aliphatic rings. The third-order valence-corrected chi connectivity index (χ3v) is 6.33. The highest BCUT2D eigenvalue weighted by atomic mass is 19.1. The van der Waals surface area contributed by atoms with Gasteiger partial charge in [0.25, 0.3) is 0 Å². The Hall–Kier alpha value is -2.20. The zero-order valence-corrected chi connectivity index (χ0v) is 15.9. The van der Waals surface area contributed by atoms with Crippen LogP contribution in [0.25, 0.3) is 22.4 Å². The van der Waals surface area contributed by atoms with Crippen LogP contribution in [0.1, 0.15) is 43.7 Å². The van der Waals surface area contributed by atoms with Crippen LogP contribution in [-0.2, 0) is 0 Å². The van der Waals surface area contributed by atoms with Crippen LogP contribution in [0, 0.1) is 12.7 Å². The predicted molar refractivity (Wildman–Crippen MR) is 107 cm³/mol. The lowest BCUT2D eigenvalue weighted by Gasteiger charge is -2.45. The summed E-state index contributed by atoms with van der Waals surface area (Å²) in [5.41, 5.74) is 4.50. The van der Waals surface area contributed by atoms with Gasteiger partial charge in [-0.2, -0.15) is 0 Å². The normalized spacial score (nSPS) is 23.5. The van der Waals surface area contributed by atoms with Crippen molar-refractivity contribution in [3.8, 4) is 11.4 Å². The average Bonchev–Trinajstić information content (AvgIpc) is 3.06. The van der Waals surface area contributed by atoms with Crippen LogP contribution in [0.2, 0.25) is 0 Å². The molecule has 3 aromatic rings. The molecule has 2 aliphatic heterocycles. The van der Waals surface area contributed by atoms with Crippen molar-refractivity contribution in [2.45, 2.75) is 51.1 Å². The first-order valence-corrected chi connectivity index (χ1v) is 10.2. The fourth-order valence-corrected chi connectivity index (χ4v) is 5.07. The highest BCUT2D eigenvalue weighted by molar-refractivity contribution is 5.81. The molecule has 2 saturated heterocycles. The number of nitrogens with zero attached hydrogens (tertiary/aromatic N) is 3. The fourth-order valence-electron chi connectivity index (χ4n) is 5.07. The molecule has 0 bridgehead atoms. The number of halogens is 1. The molecule has 0 N–H and O–H groups in total. The van der Waals surface area contributed by atoms with Gasteiger partial charge in [0.1, 0.15) is 11.6 Å². The maximum atomic E-state index is 13.5. The molecule has 3 nitrogen and oxygen atoms in total. The van der Waals surface area contributed by atoms with Crippen LogP contribution in [0.5, 0.6) is 0 Å². The Morgan fingerprint density at radius 1 is 0.926 bits per heavy atom. The summed E-state index contributed by atoms with van der Waals surface area (Å²) >= 11 is 0. The van der Waals surface area contributed by atoms with E-state index in [1.807, 2.05) is 12.1 Å². The van der Waals surface area contributed by atoms with Gasteiger partial charge < -0.3 is 4.57 Å². The molecular formula is C23H26FN3. The molecule has 0 radical (unpaired) electrons. The van der Waals surface area contributed by atoms with Gasteiger partial charge in [0.15, 0.2) is 0 Å². The van der Waals surface area contributed by atoms with E-state index in [0.29, 0.717) is 12.1 Å². The number of piperidine rings is 2. The van der Waals surface area contributed by atoms with Gasteiger partial charge in [-0.1, -0.05) is 12.5 Å². The molecule has 0 aliphatic carbocycles. The Labute approximate surface area is 159 Å². The molecule has 5 rings (SSSR count). The van der Waals surface area contributed by atoms with Crippen molar-refractivity contribution < 1.29 is 4.39 Å². The number of hydrogen-bond donors (Lipinski definition) is 0. The van der Waals surface area contributed by atoms with Crippen molar-refractivity contribution in [2.24, 2.45) is 0 Å². The highest BCUT2D eigenvalue weighted by Crippen LogP contribution is 2.39. The minimum Gasteiger partial charge on any atom is -0.319 e. The molecule has 2 fully saturated rings. The van der Waals surface area contributed by atoms with E-state index in [2.05, 4.69) is 34.6 Å². The Bertz CT molecular complexity index is 958. The topological polar surface area (TPSA) is 21.1 Å². The second-order valence-electron chi connectivity index (χ2n) is 8.11. The quantitative estimate of drug-likeness (QED) is 0.613. The van der Waals surface area contributed by atoms with Crippen molar-refractivity contribution in [2.75, 3.05) is 13.1 Å². The summed E-state index contributed by atoms with van der Waals surface area (Å²) in [5.74, 6) is 0.779. The lowest BCUT2D eigenvalue weighted by molar-refractivity contribution is 0.0666. The minimum atomic E-state index is -0.201. The molecule has 1 aromatic heterocycles. The molecule has 2 aromatic carbocycles. The van der Waals surface area contributed by atoms with E-state index >= 15 is 0 Å². The van der Waals surface area contributed by atoms with E-state index in [1.54, 1.807) is 0 Å². The Morgan fingerprint density at radius 2 is 1.70 bits per heavy atom. The molecule has 2 atom stereocenters. The second kappa shape index (κ2) is 6.75. The van der Waals surface area contributed by atoms with Gasteiger partial charge >= 0.3 is 0 Å². The van der Waals surface area contributed by atoms with Crippen molar-refractivity contribution in [3.05, 3.63) is 53.8 Å². The molecule has 140 valence electrons. The largest absolute Gasteiger partial charge is 0.319 e. The van der Waals surface area contributed by atoms with E-state index < -0.39 is 0 Å². The van der Waals surface area contributed by atoms with E-state index in [0.717, 1.165) is 16.9 Å². The average molecular weight is 363 g/mol. The number of aryl methyl sites for hydroxylation is 1. The first kappa shape index (κ1) is 16.9. The summed E-state index contributed by atoms with van der Waals surface area (Å²) in [7, 11) is 0. The molecule has 0 unspecified atom stereocenters. The van der Waals surface area contributed by atoms with Gasteiger partial charge in [-0.3, -0.25) is 4.90 Å². The lowest BCUT2D eigenvalue weighted by Crippen LogP contribution is -2.48. The first-order valence-electron chi connectivity index (χ1n) is 10.2. The van der Waals surface area contributed by atoms with E-state index in [4.69, 9.17) is 4.98 Å². The number of aromatic nitrogens is 2. The van der Waals surface area contributed by atoms with Gasteiger partial charge in [0, 0.05) is 11.6 Å². The van der Waals surface area contributed by atoms with Gasteiger partial charge in [-0.05, 0) is 87.7 Å². The maximum absolute atomic E-state index is 13.5. The van der Waals surface area contributed by atoms with Crippen LogP contribution < -0.4 is 0 Å². The zero-order valence-electron chi connectivity index (χ0n) is 15.9. The third kappa shape index (κ3) is 2.96. The first-order chi connectivity index (χ1) is 13.2. The molecule has 0 spiro atoms. The van der Waals surface area contributed by atoms with Crippen LogP contribution in [0.4, 0.5) is 4.39 Å². The number of imidazole rings is 1. The summed E-state index contributed by atoms with van der Waals surface area (Å²) in [5, 5.41) is 0. The molecule has 27 heavy (non-hydrogen) atoms. The van der Waals surface area contributed by atoms with Gasteiger partial charge in [-0.15, -0.1) is 0 Å². The van der Waals surface area contributed by atoms with Crippen molar-refractivity contribution in [3.63, 3.8) is 0 Å². The maximum Gasteiger partial charge on any atom is 0.141 e. The molecule has 3 heterocycles. The van der Waals surface area contributed by atoms with Gasteiger partial charge in [-0.25, -0.2) is 9.37 Å². The molecule has 0 amide bonds. The summed E-state index contributed by atoms with van der Waals surface area (Å²) in [6.07, 6.45) is 6.32. The monoisotopic (exact) mass is 363 g/mol. The van der Waals surface area contributed by atoms with E-state index in [9.17, 15) is 4.39 Å². The SMILES string of the molecule is Cc1ccc2nc(-c3ccc(F)cc3)n([C@H]3CCCN4CCCC[C@H]34)c2c1. The minimum absolute atomic E-state index is 0.201. The van der Waals surface area contributed by atoms with Crippen molar-refractivity contribution >= 4 is 11.0 Å². The van der Waals surface area contributed by atoms with E-state index in [-0.39, 0.29) is 5.82 Å². The second-order valence-corrected chi connectivity index (χ2v) is 8.11. The van der Waals surface area contributed by atoms with Crippen LogP contribution >= 0.6 is 0 Å². The summed E-state index contributed by atoms with van der Waals surface area (Å²) in [6.45, 7) is 4.58. The summed E-state index contributed by atoms with van der Waals surface area (Å²) < 4.78 is 16.0. The predicted octanol–water partition coefficient (Wildman–Crippen LogP) is 5.34. The molecule has 4 heteroatoms. The zero-order chi connectivity index (χ0) is 18.4. The standard InChI is InChI=1S/C23H26FN3/c1-16-7-12-19-22(15-16)27(23(25-19)17-8-10-18(24)11-9-17)21-6-4-14-26-13-3-2-5-20(21)26/h7-12,15,20-21H,2-6,13-14H2,1H3/t20-,21+/m1/s1. The molecular weight excluding hydrogens is 337 g/mol. The number of fused-ring (bicyclic) bond motifs is 2. The van der Waals surface area contributed by atoms with Crippen molar-refractivity contribution in [1.82, 2.24) is 14.5 Å². The smallest absolute Gasteiger partial charge is 0.141 e. The third-order valence-electron chi connectivity index (χ3n) is 6.33. The number of rotatable bonds is 2. The Morgan fingerprint density at radius 3 is 2.56 bits per heavy atom. The van der Waals surface area contributed by atoms with E-state index in [1.165, 1.54) is 68.4 Å². The number of benzene rings is 2. The Kier molecular flexibility index (Phi) is 4.24. The van der Waals surface area contributed by atoms with Crippen LogP contribution in [0.15, 0.2) is 42.5 Å². The van der Waals surface area contributed by atoms with Gasteiger partial charge in [0.05, 0.1) is 17.1 Å².